The first-order chi connectivity index (χ1) is 12.1. The standard InChI is InChI=1S/C24H41N.ClH/c1-5-7-8-9-10-11-12-13-14-18-21-24(6-2,25(3)4)22-23-19-16-15-17-20-23;/h6,15-17,19-20H,2,5,7-14,18,21-22H2,1,3-4H3;1H. The van der Waals surface area contributed by atoms with Crippen molar-refractivity contribution in [1.29, 1.82) is 0 Å². The van der Waals surface area contributed by atoms with Gasteiger partial charge in [0.25, 0.3) is 0 Å². The number of benzene rings is 1. The molecule has 0 saturated carbocycles. The molecule has 0 fully saturated rings. The highest BCUT2D eigenvalue weighted by Crippen LogP contribution is 2.27. The van der Waals surface area contributed by atoms with Gasteiger partial charge >= 0.3 is 0 Å². The van der Waals surface area contributed by atoms with Crippen molar-refractivity contribution < 1.29 is 0 Å². The Kier molecular flexibility index (Phi) is 14.8. The normalized spacial score (nSPS) is 13.2. The number of hydrogen-bond donors (Lipinski definition) is 0. The van der Waals surface area contributed by atoms with Gasteiger partial charge in [0, 0.05) is 5.54 Å². The maximum Gasteiger partial charge on any atom is 0.0422 e. The van der Waals surface area contributed by atoms with Crippen LogP contribution in [0.25, 0.3) is 0 Å². The van der Waals surface area contributed by atoms with Crippen LogP contribution < -0.4 is 0 Å². The Hall–Kier alpha value is -0.790. The van der Waals surface area contributed by atoms with Gasteiger partial charge in [-0.05, 0) is 32.5 Å². The summed E-state index contributed by atoms with van der Waals surface area (Å²) in [6.45, 7) is 6.46. The summed E-state index contributed by atoms with van der Waals surface area (Å²) in [6.07, 6.45) is 18.4. The zero-order valence-electron chi connectivity index (χ0n) is 17.5. The number of halogens is 1. The lowest BCUT2D eigenvalue weighted by Gasteiger charge is -2.38. The van der Waals surface area contributed by atoms with Gasteiger partial charge in [0.2, 0.25) is 0 Å². The van der Waals surface area contributed by atoms with Crippen LogP contribution in [-0.4, -0.2) is 24.5 Å². The molecule has 26 heavy (non-hydrogen) atoms. The van der Waals surface area contributed by atoms with Gasteiger partial charge in [0.15, 0.2) is 0 Å². The predicted molar refractivity (Wildman–Crippen MR) is 120 cm³/mol. The summed E-state index contributed by atoms with van der Waals surface area (Å²) in [6, 6.07) is 10.8. The van der Waals surface area contributed by atoms with Crippen molar-refractivity contribution >= 4 is 12.4 Å². The number of unbranched alkanes of at least 4 members (excludes halogenated alkanes) is 9. The minimum absolute atomic E-state index is 0. The summed E-state index contributed by atoms with van der Waals surface area (Å²) < 4.78 is 0. The fraction of sp³-hybridized carbons (Fsp3) is 0.667. The third kappa shape index (κ3) is 9.78. The van der Waals surface area contributed by atoms with E-state index < -0.39 is 0 Å². The van der Waals surface area contributed by atoms with Crippen molar-refractivity contribution in [2.75, 3.05) is 14.1 Å². The first-order valence-corrected chi connectivity index (χ1v) is 10.5. The van der Waals surface area contributed by atoms with E-state index in [-0.39, 0.29) is 17.9 Å². The minimum atomic E-state index is 0. The molecule has 0 radical (unpaired) electrons. The summed E-state index contributed by atoms with van der Waals surface area (Å²) in [5.41, 5.74) is 1.49. The molecule has 0 saturated heterocycles. The van der Waals surface area contributed by atoms with E-state index in [0.29, 0.717) is 0 Å². The lowest BCUT2D eigenvalue weighted by Crippen LogP contribution is -2.44. The number of hydrogen-bond acceptors (Lipinski definition) is 1. The maximum absolute atomic E-state index is 4.17. The lowest BCUT2D eigenvalue weighted by atomic mass is 9.84. The molecule has 2 heteroatoms. The molecule has 0 spiro atoms. The van der Waals surface area contributed by atoms with E-state index in [4.69, 9.17) is 0 Å². The Morgan fingerprint density at radius 1 is 0.846 bits per heavy atom. The molecule has 150 valence electrons. The van der Waals surface area contributed by atoms with Gasteiger partial charge in [-0.15, -0.1) is 19.0 Å². The predicted octanol–water partition coefficient (Wildman–Crippen LogP) is 7.45. The highest BCUT2D eigenvalue weighted by molar-refractivity contribution is 5.85. The first kappa shape index (κ1) is 25.2. The molecule has 0 amide bonds. The average Bonchev–Trinajstić information content (AvgIpc) is 2.63. The molecule has 1 unspecified atom stereocenters. The summed E-state index contributed by atoms with van der Waals surface area (Å²) in [5, 5.41) is 0. The quantitative estimate of drug-likeness (QED) is 0.226. The average molecular weight is 380 g/mol. The Morgan fingerprint density at radius 2 is 1.35 bits per heavy atom. The molecule has 0 bridgehead atoms. The second-order valence-electron chi connectivity index (χ2n) is 7.80. The van der Waals surface area contributed by atoms with Gasteiger partial charge in [-0.2, -0.15) is 0 Å². The van der Waals surface area contributed by atoms with Crippen molar-refractivity contribution in [2.24, 2.45) is 0 Å². The molecular weight excluding hydrogens is 338 g/mol. The zero-order chi connectivity index (χ0) is 18.4. The molecule has 0 aromatic heterocycles. The molecular formula is C24H42ClN. The number of rotatable bonds is 15. The van der Waals surface area contributed by atoms with Gasteiger partial charge in [-0.1, -0.05) is 108 Å². The van der Waals surface area contributed by atoms with Gasteiger partial charge in [0.05, 0.1) is 0 Å². The van der Waals surface area contributed by atoms with Crippen LogP contribution in [0.2, 0.25) is 0 Å². The van der Waals surface area contributed by atoms with Crippen LogP contribution in [0.4, 0.5) is 0 Å². The monoisotopic (exact) mass is 379 g/mol. The Morgan fingerprint density at radius 3 is 1.81 bits per heavy atom. The molecule has 1 rings (SSSR count). The molecule has 0 aliphatic rings. The van der Waals surface area contributed by atoms with Gasteiger partial charge in [-0.25, -0.2) is 0 Å². The van der Waals surface area contributed by atoms with Crippen molar-refractivity contribution in [3.8, 4) is 0 Å². The van der Waals surface area contributed by atoms with E-state index in [9.17, 15) is 0 Å². The minimum Gasteiger partial charge on any atom is -0.300 e. The molecule has 0 aliphatic carbocycles. The lowest BCUT2D eigenvalue weighted by molar-refractivity contribution is 0.187. The molecule has 0 N–H and O–H groups in total. The van der Waals surface area contributed by atoms with E-state index in [1.807, 2.05) is 0 Å². The van der Waals surface area contributed by atoms with E-state index >= 15 is 0 Å². The second-order valence-corrected chi connectivity index (χ2v) is 7.80. The zero-order valence-corrected chi connectivity index (χ0v) is 18.3. The van der Waals surface area contributed by atoms with Gasteiger partial charge in [0.1, 0.15) is 0 Å². The van der Waals surface area contributed by atoms with Crippen LogP contribution >= 0.6 is 12.4 Å². The van der Waals surface area contributed by atoms with E-state index in [0.717, 1.165) is 6.42 Å². The van der Waals surface area contributed by atoms with Crippen LogP contribution in [-0.2, 0) is 6.42 Å². The fourth-order valence-electron chi connectivity index (χ4n) is 3.69. The van der Waals surface area contributed by atoms with Crippen LogP contribution in [0.3, 0.4) is 0 Å². The van der Waals surface area contributed by atoms with Gasteiger partial charge in [-0.3, -0.25) is 4.90 Å². The molecule has 1 nitrogen and oxygen atoms in total. The molecule has 1 atom stereocenters. The third-order valence-electron chi connectivity index (χ3n) is 5.59. The van der Waals surface area contributed by atoms with Crippen molar-refractivity contribution in [2.45, 2.75) is 89.5 Å². The molecule has 1 aromatic rings. The van der Waals surface area contributed by atoms with Crippen LogP contribution in [0.1, 0.15) is 83.1 Å². The topological polar surface area (TPSA) is 3.24 Å². The Labute approximate surface area is 169 Å². The van der Waals surface area contributed by atoms with Crippen molar-refractivity contribution in [3.05, 3.63) is 48.6 Å². The van der Waals surface area contributed by atoms with Crippen LogP contribution in [0, 0.1) is 0 Å². The second kappa shape index (κ2) is 15.3. The summed E-state index contributed by atoms with van der Waals surface area (Å²) in [7, 11) is 4.39. The Balaban J connectivity index is 0.00000625. The first-order valence-electron chi connectivity index (χ1n) is 10.5. The maximum atomic E-state index is 4.17. The van der Waals surface area contributed by atoms with E-state index in [2.05, 4.69) is 68.9 Å². The number of nitrogens with zero attached hydrogens (tertiary/aromatic N) is 1. The fourth-order valence-corrected chi connectivity index (χ4v) is 3.69. The molecule has 0 heterocycles. The number of likely N-dealkylation sites (N-methyl/N-ethyl adjacent to an activating group) is 1. The summed E-state index contributed by atoms with van der Waals surface area (Å²) in [5.74, 6) is 0. The van der Waals surface area contributed by atoms with E-state index in [1.54, 1.807) is 0 Å². The molecule has 1 aromatic carbocycles. The van der Waals surface area contributed by atoms with Crippen molar-refractivity contribution in [1.82, 2.24) is 4.90 Å². The smallest absolute Gasteiger partial charge is 0.0422 e. The van der Waals surface area contributed by atoms with Crippen LogP contribution in [0.15, 0.2) is 43.0 Å². The highest BCUT2D eigenvalue weighted by atomic mass is 35.5. The van der Waals surface area contributed by atoms with Crippen molar-refractivity contribution in [3.63, 3.8) is 0 Å². The largest absolute Gasteiger partial charge is 0.300 e. The van der Waals surface area contributed by atoms with E-state index in [1.165, 1.54) is 76.2 Å². The Bertz CT molecular complexity index is 443. The SMILES string of the molecule is C=CC(CCCCCCCCCCCC)(Cc1ccccc1)N(C)C.Cl. The summed E-state index contributed by atoms with van der Waals surface area (Å²) in [4.78, 5) is 2.36. The van der Waals surface area contributed by atoms with Gasteiger partial charge < -0.3 is 0 Å². The third-order valence-corrected chi connectivity index (χ3v) is 5.59. The highest BCUT2D eigenvalue weighted by Gasteiger charge is 2.28. The van der Waals surface area contributed by atoms with Crippen LogP contribution in [0.5, 0.6) is 0 Å². The summed E-state index contributed by atoms with van der Waals surface area (Å²) >= 11 is 0. The molecule has 0 aliphatic heterocycles.